The second-order valence-corrected chi connectivity index (χ2v) is 4.11. The Morgan fingerprint density at radius 3 is 2.80 bits per heavy atom. The first kappa shape index (κ1) is 10.2. The molecule has 0 spiro atoms. The van der Waals surface area contributed by atoms with Gasteiger partial charge in [-0.25, -0.2) is 9.97 Å². The van der Waals surface area contributed by atoms with E-state index in [4.69, 9.17) is 0 Å². The van der Waals surface area contributed by atoms with Crippen molar-refractivity contribution in [3.8, 4) is 0 Å². The van der Waals surface area contributed by atoms with Gasteiger partial charge in [0.15, 0.2) is 5.16 Å². The highest BCUT2D eigenvalue weighted by Crippen LogP contribution is 2.23. The highest BCUT2D eigenvalue weighted by Gasteiger charge is 2.03. The molecule has 0 radical (unpaired) electrons. The van der Waals surface area contributed by atoms with Crippen LogP contribution in [0.15, 0.2) is 40.9 Å². The molecule has 78 valence electrons. The molecule has 2 aromatic heterocycles. The fourth-order valence-electron chi connectivity index (χ4n) is 1.10. The van der Waals surface area contributed by atoms with Crippen molar-refractivity contribution in [1.82, 2.24) is 15.0 Å². The van der Waals surface area contributed by atoms with Crippen LogP contribution in [0.4, 0.5) is 0 Å². The number of aliphatic hydroxyl groups is 1. The summed E-state index contributed by atoms with van der Waals surface area (Å²) in [6, 6.07) is 3.73. The molecule has 0 bridgehead atoms. The molecule has 0 aromatic carbocycles. The van der Waals surface area contributed by atoms with Crippen LogP contribution in [0.3, 0.4) is 0 Å². The summed E-state index contributed by atoms with van der Waals surface area (Å²) >= 11 is 1.46. The number of aliphatic hydroxyl groups excluding tert-OH is 1. The monoisotopic (exact) mass is 221 g/mol. The molecule has 5 heteroatoms. The molecule has 0 fully saturated rings. The number of aromatic amines is 1. The van der Waals surface area contributed by atoms with Gasteiger partial charge in [0.25, 0.3) is 0 Å². The predicted octanol–water partition coefficient (Wildman–Crippen LogP) is 2.01. The van der Waals surface area contributed by atoms with Crippen LogP contribution < -0.4 is 0 Å². The average molecular weight is 221 g/mol. The first-order chi connectivity index (χ1) is 7.25. The van der Waals surface area contributed by atoms with Gasteiger partial charge in [-0.05, 0) is 30.3 Å². The van der Waals surface area contributed by atoms with Crippen molar-refractivity contribution in [1.29, 1.82) is 0 Å². The molecular weight excluding hydrogens is 210 g/mol. The van der Waals surface area contributed by atoms with Crippen molar-refractivity contribution < 1.29 is 5.11 Å². The minimum atomic E-state index is -0.472. The SMILES string of the molecule is C[C@H](O)c1ccc(Sc2ncc[nH]2)nc1. The Morgan fingerprint density at radius 1 is 1.40 bits per heavy atom. The third-order valence-corrected chi connectivity index (χ3v) is 2.78. The summed E-state index contributed by atoms with van der Waals surface area (Å²) in [7, 11) is 0. The van der Waals surface area contributed by atoms with E-state index in [2.05, 4.69) is 15.0 Å². The molecule has 0 unspecified atom stereocenters. The molecule has 0 aliphatic rings. The third kappa shape index (κ3) is 2.57. The normalized spacial score (nSPS) is 12.7. The van der Waals surface area contributed by atoms with Crippen molar-refractivity contribution in [3.05, 3.63) is 36.3 Å². The molecule has 4 nitrogen and oxygen atoms in total. The number of hydrogen-bond acceptors (Lipinski definition) is 4. The molecule has 0 aliphatic carbocycles. The zero-order valence-corrected chi connectivity index (χ0v) is 9.03. The molecule has 2 aromatic rings. The van der Waals surface area contributed by atoms with E-state index in [1.807, 2.05) is 12.1 Å². The third-order valence-electron chi connectivity index (χ3n) is 1.92. The topological polar surface area (TPSA) is 61.8 Å². The smallest absolute Gasteiger partial charge is 0.171 e. The van der Waals surface area contributed by atoms with Gasteiger partial charge in [0.2, 0.25) is 0 Å². The van der Waals surface area contributed by atoms with E-state index in [1.165, 1.54) is 11.8 Å². The van der Waals surface area contributed by atoms with Crippen molar-refractivity contribution in [2.45, 2.75) is 23.2 Å². The van der Waals surface area contributed by atoms with Crippen LogP contribution in [0.25, 0.3) is 0 Å². The standard InChI is InChI=1S/C10H11N3OS/c1-7(14)8-2-3-9(13-6-8)15-10-11-4-5-12-10/h2-7,14H,1H3,(H,11,12)/t7-/m0/s1. The quantitative estimate of drug-likeness (QED) is 0.832. The number of rotatable bonds is 3. The van der Waals surface area contributed by atoms with Crippen LogP contribution in [0.5, 0.6) is 0 Å². The van der Waals surface area contributed by atoms with Crippen molar-refractivity contribution in [3.63, 3.8) is 0 Å². The Bertz CT molecular complexity index is 411. The van der Waals surface area contributed by atoms with Crippen LogP contribution in [0.2, 0.25) is 0 Å². The largest absolute Gasteiger partial charge is 0.389 e. The number of pyridine rings is 1. The maximum absolute atomic E-state index is 9.31. The lowest BCUT2D eigenvalue weighted by Gasteiger charge is -2.03. The first-order valence-electron chi connectivity index (χ1n) is 4.57. The number of nitrogens with one attached hydrogen (secondary N) is 1. The van der Waals surface area contributed by atoms with Gasteiger partial charge in [0.1, 0.15) is 5.03 Å². The van der Waals surface area contributed by atoms with E-state index in [0.29, 0.717) is 0 Å². The molecule has 0 saturated carbocycles. The lowest BCUT2D eigenvalue weighted by molar-refractivity contribution is 0.198. The number of imidazole rings is 1. The van der Waals surface area contributed by atoms with Gasteiger partial charge in [-0.15, -0.1) is 0 Å². The van der Waals surface area contributed by atoms with Gasteiger partial charge >= 0.3 is 0 Å². The van der Waals surface area contributed by atoms with Gasteiger partial charge in [-0.1, -0.05) is 6.07 Å². The number of nitrogens with zero attached hydrogens (tertiary/aromatic N) is 2. The molecule has 0 saturated heterocycles. The molecule has 0 aliphatic heterocycles. The lowest BCUT2D eigenvalue weighted by atomic mass is 10.2. The van der Waals surface area contributed by atoms with Gasteiger partial charge < -0.3 is 10.1 Å². The molecule has 2 N–H and O–H groups in total. The number of aromatic nitrogens is 3. The summed E-state index contributed by atoms with van der Waals surface area (Å²) in [5.41, 5.74) is 0.818. The first-order valence-corrected chi connectivity index (χ1v) is 5.38. The summed E-state index contributed by atoms with van der Waals surface area (Å²) in [4.78, 5) is 11.3. The second-order valence-electron chi connectivity index (χ2n) is 3.10. The number of hydrogen-bond donors (Lipinski definition) is 2. The van der Waals surface area contributed by atoms with Crippen molar-refractivity contribution in [2.75, 3.05) is 0 Å². The van der Waals surface area contributed by atoms with Gasteiger partial charge in [-0.2, -0.15) is 0 Å². The summed E-state index contributed by atoms with van der Waals surface area (Å²) in [6.45, 7) is 1.72. The van der Waals surface area contributed by atoms with E-state index in [-0.39, 0.29) is 0 Å². The van der Waals surface area contributed by atoms with Crippen LogP contribution in [-0.4, -0.2) is 20.1 Å². The Morgan fingerprint density at radius 2 is 2.27 bits per heavy atom. The number of H-pyrrole nitrogens is 1. The Balaban J connectivity index is 2.11. The Kier molecular flexibility index (Phi) is 3.03. The van der Waals surface area contributed by atoms with Crippen LogP contribution in [0.1, 0.15) is 18.6 Å². The predicted molar refractivity (Wildman–Crippen MR) is 57.6 cm³/mol. The fourth-order valence-corrected chi connectivity index (χ4v) is 1.79. The Labute approximate surface area is 91.8 Å². The molecule has 0 amide bonds. The molecule has 1 atom stereocenters. The van der Waals surface area contributed by atoms with Crippen LogP contribution in [0, 0.1) is 0 Å². The van der Waals surface area contributed by atoms with E-state index in [9.17, 15) is 5.11 Å². The van der Waals surface area contributed by atoms with E-state index < -0.39 is 6.10 Å². The second kappa shape index (κ2) is 4.46. The van der Waals surface area contributed by atoms with Crippen LogP contribution >= 0.6 is 11.8 Å². The fraction of sp³-hybridized carbons (Fsp3) is 0.200. The van der Waals surface area contributed by atoms with E-state index >= 15 is 0 Å². The zero-order chi connectivity index (χ0) is 10.7. The average Bonchev–Trinajstić information content (AvgIpc) is 2.71. The molecule has 2 heterocycles. The van der Waals surface area contributed by atoms with Gasteiger partial charge in [0, 0.05) is 18.6 Å². The van der Waals surface area contributed by atoms with E-state index in [1.54, 1.807) is 25.5 Å². The lowest BCUT2D eigenvalue weighted by Crippen LogP contribution is -1.92. The highest BCUT2D eigenvalue weighted by molar-refractivity contribution is 7.99. The van der Waals surface area contributed by atoms with Crippen molar-refractivity contribution >= 4 is 11.8 Å². The molecular formula is C10H11N3OS. The maximum Gasteiger partial charge on any atom is 0.171 e. The molecule has 15 heavy (non-hydrogen) atoms. The van der Waals surface area contributed by atoms with Gasteiger partial charge in [0.05, 0.1) is 6.10 Å². The zero-order valence-electron chi connectivity index (χ0n) is 8.21. The molecule has 2 rings (SSSR count). The highest BCUT2D eigenvalue weighted by atomic mass is 32.2. The minimum Gasteiger partial charge on any atom is -0.389 e. The summed E-state index contributed by atoms with van der Waals surface area (Å²) in [6.07, 6.45) is 4.68. The minimum absolute atomic E-state index is 0.472. The van der Waals surface area contributed by atoms with Gasteiger partial charge in [-0.3, -0.25) is 0 Å². The summed E-state index contributed by atoms with van der Waals surface area (Å²) in [5, 5.41) is 11.0. The summed E-state index contributed by atoms with van der Waals surface area (Å²) < 4.78 is 0. The maximum atomic E-state index is 9.31. The van der Waals surface area contributed by atoms with Crippen molar-refractivity contribution in [2.24, 2.45) is 0 Å². The van der Waals surface area contributed by atoms with Crippen LogP contribution in [-0.2, 0) is 0 Å². The van der Waals surface area contributed by atoms with E-state index in [0.717, 1.165) is 15.7 Å². The summed E-state index contributed by atoms with van der Waals surface area (Å²) in [5.74, 6) is 0. The Hall–Kier alpha value is -1.33.